The van der Waals surface area contributed by atoms with Crippen molar-refractivity contribution >= 4 is 5.91 Å². The van der Waals surface area contributed by atoms with Crippen LogP contribution in [0.3, 0.4) is 0 Å². The molecule has 16 heavy (non-hydrogen) atoms. The van der Waals surface area contributed by atoms with Crippen molar-refractivity contribution < 1.29 is 4.79 Å². The first-order valence-electron chi connectivity index (χ1n) is 6.71. The topological polar surface area (TPSA) is 46.3 Å². The Labute approximate surface area is 98.4 Å². The van der Waals surface area contributed by atoms with E-state index in [1.165, 1.54) is 19.3 Å². The Morgan fingerprint density at radius 2 is 2.12 bits per heavy atom. The predicted molar refractivity (Wildman–Crippen MR) is 64.9 cm³/mol. The van der Waals surface area contributed by atoms with Crippen LogP contribution in [0.15, 0.2) is 0 Å². The van der Waals surface area contributed by atoms with Gasteiger partial charge >= 0.3 is 0 Å². The summed E-state index contributed by atoms with van der Waals surface area (Å²) in [7, 11) is 0. The summed E-state index contributed by atoms with van der Waals surface area (Å²) < 4.78 is 0. The van der Waals surface area contributed by atoms with E-state index in [0.29, 0.717) is 12.5 Å². The Hall–Kier alpha value is -0.570. The number of hydrogen-bond donors (Lipinski definition) is 1. The second kappa shape index (κ2) is 4.74. The molecule has 2 saturated carbocycles. The van der Waals surface area contributed by atoms with E-state index < -0.39 is 0 Å². The molecule has 0 unspecified atom stereocenters. The van der Waals surface area contributed by atoms with E-state index in [0.717, 1.165) is 38.3 Å². The van der Waals surface area contributed by atoms with Crippen LogP contribution in [0.4, 0.5) is 0 Å². The van der Waals surface area contributed by atoms with E-state index in [1.54, 1.807) is 0 Å². The maximum atomic E-state index is 12.5. The minimum atomic E-state index is -0.177. The average molecular weight is 224 g/mol. The van der Waals surface area contributed by atoms with E-state index in [2.05, 4.69) is 11.8 Å². The molecular weight excluding hydrogens is 200 g/mol. The van der Waals surface area contributed by atoms with Crippen LogP contribution >= 0.6 is 0 Å². The van der Waals surface area contributed by atoms with Crippen LogP contribution in [-0.4, -0.2) is 30.4 Å². The highest BCUT2D eigenvalue weighted by Crippen LogP contribution is 2.42. The first-order valence-corrected chi connectivity index (χ1v) is 6.71. The van der Waals surface area contributed by atoms with Gasteiger partial charge in [-0.3, -0.25) is 4.79 Å². The summed E-state index contributed by atoms with van der Waals surface area (Å²) in [5.41, 5.74) is 5.63. The van der Waals surface area contributed by atoms with Gasteiger partial charge in [0.25, 0.3) is 0 Å². The summed E-state index contributed by atoms with van der Waals surface area (Å²) in [4.78, 5) is 14.6. The Balaban J connectivity index is 1.96. The van der Waals surface area contributed by atoms with Gasteiger partial charge in [-0.1, -0.05) is 13.3 Å². The molecule has 2 aliphatic rings. The van der Waals surface area contributed by atoms with Crippen molar-refractivity contribution in [2.75, 3.05) is 19.6 Å². The molecule has 0 aromatic heterocycles. The third-order valence-electron chi connectivity index (χ3n) is 4.11. The number of nitrogens with zero attached hydrogens (tertiary/aromatic N) is 1. The lowest BCUT2D eigenvalue weighted by atomic mass is 9.67. The first-order chi connectivity index (χ1) is 7.72. The molecule has 0 atom stereocenters. The molecule has 1 amide bonds. The summed E-state index contributed by atoms with van der Waals surface area (Å²) in [5.74, 6) is 1.13. The predicted octanol–water partition coefficient (Wildman–Crippen LogP) is 1.76. The van der Waals surface area contributed by atoms with E-state index >= 15 is 0 Å². The van der Waals surface area contributed by atoms with Gasteiger partial charge < -0.3 is 10.6 Å². The Morgan fingerprint density at radius 3 is 2.50 bits per heavy atom. The van der Waals surface area contributed by atoms with Crippen LogP contribution in [0.5, 0.6) is 0 Å². The van der Waals surface area contributed by atoms with E-state index in [-0.39, 0.29) is 5.41 Å². The summed E-state index contributed by atoms with van der Waals surface area (Å²) >= 11 is 0. The van der Waals surface area contributed by atoms with Crippen LogP contribution in [0.2, 0.25) is 0 Å². The van der Waals surface area contributed by atoms with Crippen molar-refractivity contribution in [1.29, 1.82) is 0 Å². The maximum absolute atomic E-state index is 12.5. The van der Waals surface area contributed by atoms with Crippen molar-refractivity contribution in [3.63, 3.8) is 0 Å². The molecule has 0 aliphatic heterocycles. The molecule has 0 bridgehead atoms. The summed E-state index contributed by atoms with van der Waals surface area (Å²) in [5, 5.41) is 0. The highest BCUT2D eigenvalue weighted by molar-refractivity contribution is 5.84. The molecule has 3 heteroatoms. The van der Waals surface area contributed by atoms with Gasteiger partial charge in [-0.2, -0.15) is 0 Å². The third kappa shape index (κ3) is 2.24. The summed E-state index contributed by atoms with van der Waals surface area (Å²) in [6.07, 6.45) is 6.86. The Kier molecular flexibility index (Phi) is 3.53. The largest absolute Gasteiger partial charge is 0.342 e. The molecule has 2 N–H and O–H groups in total. The van der Waals surface area contributed by atoms with E-state index in [4.69, 9.17) is 5.73 Å². The Bertz CT molecular complexity index is 251. The number of carbonyl (C=O) groups is 1. The zero-order valence-corrected chi connectivity index (χ0v) is 10.4. The summed E-state index contributed by atoms with van der Waals surface area (Å²) in [6, 6.07) is 0. The fraction of sp³-hybridized carbons (Fsp3) is 0.923. The minimum absolute atomic E-state index is 0.177. The second-order valence-electron chi connectivity index (χ2n) is 5.53. The highest BCUT2D eigenvalue weighted by atomic mass is 16.2. The quantitative estimate of drug-likeness (QED) is 0.747. The SMILES string of the molecule is CCCN(CC1CC1)C(=O)C1(CN)CCC1. The van der Waals surface area contributed by atoms with Crippen LogP contribution < -0.4 is 5.73 Å². The molecular formula is C13H24N2O. The molecule has 0 spiro atoms. The van der Waals surface area contributed by atoms with Crippen LogP contribution in [0.1, 0.15) is 45.4 Å². The number of nitrogens with two attached hydrogens (primary N) is 1. The fourth-order valence-electron chi connectivity index (χ4n) is 2.60. The molecule has 0 aromatic carbocycles. The standard InChI is InChI=1S/C13H24N2O/c1-2-8-15(9-11-4-5-11)12(16)13(10-14)6-3-7-13/h11H,2-10,14H2,1H3. The molecule has 0 aromatic rings. The Morgan fingerprint density at radius 1 is 1.44 bits per heavy atom. The average Bonchev–Trinajstić information content (AvgIpc) is 3.00. The molecule has 2 aliphatic carbocycles. The zero-order chi connectivity index (χ0) is 11.6. The molecule has 92 valence electrons. The van der Waals surface area contributed by atoms with Crippen LogP contribution in [-0.2, 0) is 4.79 Å². The van der Waals surface area contributed by atoms with E-state index in [1.807, 2.05) is 0 Å². The van der Waals surface area contributed by atoms with Crippen molar-refractivity contribution in [2.45, 2.75) is 45.4 Å². The van der Waals surface area contributed by atoms with Gasteiger partial charge in [0.2, 0.25) is 5.91 Å². The third-order valence-corrected chi connectivity index (χ3v) is 4.11. The zero-order valence-electron chi connectivity index (χ0n) is 10.4. The van der Waals surface area contributed by atoms with Gasteiger partial charge in [-0.15, -0.1) is 0 Å². The van der Waals surface area contributed by atoms with Gasteiger partial charge in [0.15, 0.2) is 0 Å². The molecule has 3 nitrogen and oxygen atoms in total. The minimum Gasteiger partial charge on any atom is -0.342 e. The van der Waals surface area contributed by atoms with Crippen molar-refractivity contribution in [1.82, 2.24) is 4.90 Å². The number of rotatable bonds is 6. The van der Waals surface area contributed by atoms with Crippen molar-refractivity contribution in [3.05, 3.63) is 0 Å². The lowest BCUT2D eigenvalue weighted by Gasteiger charge is -2.42. The maximum Gasteiger partial charge on any atom is 0.230 e. The van der Waals surface area contributed by atoms with Crippen molar-refractivity contribution in [2.24, 2.45) is 17.1 Å². The van der Waals surface area contributed by atoms with E-state index in [9.17, 15) is 4.79 Å². The van der Waals surface area contributed by atoms with Crippen LogP contribution in [0.25, 0.3) is 0 Å². The fourth-order valence-corrected chi connectivity index (χ4v) is 2.60. The van der Waals surface area contributed by atoms with Crippen LogP contribution in [0, 0.1) is 11.3 Å². The molecule has 0 radical (unpaired) electrons. The normalized spacial score (nSPS) is 22.6. The molecule has 0 heterocycles. The second-order valence-corrected chi connectivity index (χ2v) is 5.53. The first kappa shape index (κ1) is 11.9. The molecule has 2 fully saturated rings. The van der Waals surface area contributed by atoms with Gasteiger partial charge in [0.05, 0.1) is 5.41 Å². The molecule has 0 saturated heterocycles. The smallest absolute Gasteiger partial charge is 0.230 e. The van der Waals surface area contributed by atoms with Crippen molar-refractivity contribution in [3.8, 4) is 0 Å². The number of hydrogen-bond acceptors (Lipinski definition) is 2. The summed E-state index contributed by atoms with van der Waals surface area (Å²) in [6.45, 7) is 4.57. The van der Waals surface area contributed by atoms with Gasteiger partial charge in [0, 0.05) is 19.6 Å². The molecule has 2 rings (SSSR count). The highest BCUT2D eigenvalue weighted by Gasteiger charge is 2.45. The van der Waals surface area contributed by atoms with Gasteiger partial charge in [-0.05, 0) is 38.0 Å². The number of carbonyl (C=O) groups excluding carboxylic acids is 1. The van der Waals surface area contributed by atoms with Gasteiger partial charge in [0.1, 0.15) is 0 Å². The lowest BCUT2D eigenvalue weighted by Crippen LogP contribution is -2.52. The lowest BCUT2D eigenvalue weighted by molar-refractivity contribution is -0.147. The van der Waals surface area contributed by atoms with Gasteiger partial charge in [-0.25, -0.2) is 0 Å². The monoisotopic (exact) mass is 224 g/mol. The number of amides is 1.